The Bertz CT molecular complexity index is 1050. The van der Waals surface area contributed by atoms with Crippen molar-refractivity contribution in [2.75, 3.05) is 0 Å². The molecule has 0 aromatic rings. The topological polar surface area (TPSA) is 159 Å². The molecule has 5 rings (SSSR count). The fourth-order valence-electron chi connectivity index (χ4n) is 7.35. The number of hydrogen-bond donors (Lipinski definition) is 3. The number of hydrogen-bond acceptors (Lipinski definition) is 9. The molecule has 1 aliphatic carbocycles. The molecule has 5 fully saturated rings. The lowest BCUT2D eigenvalue weighted by Crippen LogP contribution is -2.70. The van der Waals surface area contributed by atoms with Crippen LogP contribution in [0.3, 0.4) is 0 Å². The Morgan fingerprint density at radius 3 is 2.23 bits per heavy atom. The van der Waals surface area contributed by atoms with E-state index in [9.17, 15) is 24.3 Å². The smallest absolute Gasteiger partial charge is 0.326 e. The van der Waals surface area contributed by atoms with E-state index < -0.39 is 59.8 Å². The van der Waals surface area contributed by atoms with E-state index in [0.717, 1.165) is 19.3 Å². The Kier molecular flexibility index (Phi) is 10.5. The van der Waals surface area contributed by atoms with Gasteiger partial charge in [-0.15, -0.1) is 0 Å². The molecule has 244 valence electrons. The van der Waals surface area contributed by atoms with Crippen LogP contribution in [0.15, 0.2) is 0 Å². The first-order chi connectivity index (χ1) is 20.1. The summed E-state index contributed by atoms with van der Waals surface area (Å²) >= 11 is 0. The van der Waals surface area contributed by atoms with Gasteiger partial charge in [0.25, 0.3) is 0 Å². The third kappa shape index (κ3) is 7.34. The summed E-state index contributed by atoms with van der Waals surface area (Å²) in [7, 11) is 0. The van der Waals surface area contributed by atoms with Crippen LogP contribution in [0.2, 0.25) is 0 Å². The Morgan fingerprint density at radius 2 is 1.58 bits per heavy atom. The SMILES string of the molecule is CC(C)C[C@H](NC(=O)[C@H](CC(C)C)NC(=O)CCC(=O)O[C@@H]1O[C@H]2O[C@@]3(C)CC[C@H]4[C@H](C)CC[C@H]([C@@H]1C)[C@@]24OO3)C(=O)O. The maximum atomic E-state index is 12.9. The van der Waals surface area contributed by atoms with Gasteiger partial charge in [-0.3, -0.25) is 14.4 Å². The van der Waals surface area contributed by atoms with Gasteiger partial charge in [0.15, 0.2) is 11.9 Å². The molecule has 10 atom stereocenters. The molecule has 5 aliphatic rings. The summed E-state index contributed by atoms with van der Waals surface area (Å²) in [5.74, 6) is -3.21. The molecule has 1 saturated carbocycles. The molecular weight excluding hydrogens is 560 g/mol. The third-order valence-electron chi connectivity index (χ3n) is 9.58. The average molecular weight is 611 g/mol. The van der Waals surface area contributed by atoms with Crippen LogP contribution >= 0.6 is 0 Å². The second-order valence-corrected chi connectivity index (χ2v) is 14.0. The number of nitrogens with one attached hydrogen (secondary N) is 2. The van der Waals surface area contributed by atoms with Gasteiger partial charge in [0.2, 0.25) is 23.9 Å². The highest BCUT2D eigenvalue weighted by atomic mass is 17.3. The molecule has 4 aliphatic heterocycles. The molecule has 2 amide bonds. The van der Waals surface area contributed by atoms with E-state index in [1.54, 1.807) is 0 Å². The molecular formula is C31H50N2O10. The fourth-order valence-corrected chi connectivity index (χ4v) is 7.35. The van der Waals surface area contributed by atoms with E-state index in [4.69, 9.17) is 24.0 Å². The number of carbonyl (C=O) groups excluding carboxylic acids is 3. The number of fused-ring (bicyclic) bond motifs is 2. The third-order valence-corrected chi connectivity index (χ3v) is 9.58. The maximum Gasteiger partial charge on any atom is 0.326 e. The second kappa shape index (κ2) is 13.4. The predicted molar refractivity (Wildman–Crippen MR) is 153 cm³/mol. The maximum absolute atomic E-state index is 12.9. The van der Waals surface area contributed by atoms with Crippen LogP contribution in [0.5, 0.6) is 0 Å². The lowest BCUT2D eigenvalue weighted by Gasteiger charge is -2.59. The summed E-state index contributed by atoms with van der Waals surface area (Å²) in [6, 6.07) is -1.98. The molecule has 12 nitrogen and oxygen atoms in total. The molecule has 12 heteroatoms. The molecule has 0 aromatic carbocycles. The Labute approximate surface area is 254 Å². The monoisotopic (exact) mass is 610 g/mol. The zero-order chi connectivity index (χ0) is 31.7. The lowest BCUT2D eigenvalue weighted by atomic mass is 9.58. The number of amides is 2. The number of esters is 1. The number of carboxylic acid groups (broad SMARTS) is 1. The summed E-state index contributed by atoms with van der Waals surface area (Å²) in [4.78, 5) is 62.3. The van der Waals surface area contributed by atoms with Crippen molar-refractivity contribution < 1.29 is 48.3 Å². The Morgan fingerprint density at radius 1 is 0.907 bits per heavy atom. The first-order valence-corrected chi connectivity index (χ1v) is 15.9. The van der Waals surface area contributed by atoms with E-state index in [1.165, 1.54) is 0 Å². The molecule has 3 N–H and O–H groups in total. The van der Waals surface area contributed by atoms with Crippen molar-refractivity contribution in [1.82, 2.24) is 10.6 Å². The molecule has 0 aromatic heterocycles. The van der Waals surface area contributed by atoms with Crippen molar-refractivity contribution in [3.05, 3.63) is 0 Å². The van der Waals surface area contributed by atoms with Crippen molar-refractivity contribution in [2.45, 2.75) is 136 Å². The highest BCUT2D eigenvalue weighted by Gasteiger charge is 2.69. The number of aliphatic carboxylic acids is 1. The summed E-state index contributed by atoms with van der Waals surface area (Å²) in [6.07, 6.45) is 2.01. The van der Waals surface area contributed by atoms with Gasteiger partial charge in [0.05, 0.1) is 6.42 Å². The van der Waals surface area contributed by atoms with Gasteiger partial charge < -0.3 is 30.0 Å². The zero-order valence-electron chi connectivity index (χ0n) is 26.6. The largest absolute Gasteiger partial charge is 0.480 e. The number of carbonyl (C=O) groups is 4. The summed E-state index contributed by atoms with van der Waals surface area (Å²) in [5.41, 5.74) is -0.767. The molecule has 4 heterocycles. The van der Waals surface area contributed by atoms with Crippen molar-refractivity contribution in [3.63, 3.8) is 0 Å². The standard InChI is InChI=1S/C31H50N2O10/c1-16(2)14-22(26(36)33-23(27(37)38)15-17(3)4)32-24(34)10-11-25(35)39-28-19(6)21-9-8-18(5)20-12-13-30(7)41-29(40-28)31(20,21)43-42-30/h16-23,28-29H,8-15H2,1-7H3,(H,32,34)(H,33,36)(H,37,38)/t18-,19+,20+,21-,22+,23+,28-,29+,30-,31-/m1/s1. The number of ether oxygens (including phenoxy) is 3. The molecule has 2 bridgehead atoms. The highest BCUT2D eigenvalue weighted by Crippen LogP contribution is 2.60. The van der Waals surface area contributed by atoms with E-state index in [2.05, 4.69) is 17.6 Å². The van der Waals surface area contributed by atoms with Gasteiger partial charge in [-0.2, -0.15) is 0 Å². The zero-order valence-corrected chi connectivity index (χ0v) is 26.6. The summed E-state index contributed by atoms with van der Waals surface area (Å²) < 4.78 is 18.4. The quantitative estimate of drug-likeness (QED) is 0.220. The van der Waals surface area contributed by atoms with Gasteiger partial charge in [-0.1, -0.05) is 41.5 Å². The van der Waals surface area contributed by atoms with Crippen LogP contribution in [-0.2, 0) is 43.2 Å². The van der Waals surface area contributed by atoms with Crippen LogP contribution in [0.4, 0.5) is 0 Å². The average Bonchev–Trinajstić information content (AvgIpc) is 3.14. The van der Waals surface area contributed by atoms with E-state index >= 15 is 0 Å². The van der Waals surface area contributed by atoms with Crippen molar-refractivity contribution in [3.8, 4) is 0 Å². The molecule has 0 radical (unpaired) electrons. The Hall–Kier alpha value is -2.28. The van der Waals surface area contributed by atoms with Crippen molar-refractivity contribution in [1.29, 1.82) is 0 Å². The summed E-state index contributed by atoms with van der Waals surface area (Å²) in [5, 5.41) is 14.7. The van der Waals surface area contributed by atoms with Crippen LogP contribution < -0.4 is 10.6 Å². The first-order valence-electron chi connectivity index (χ1n) is 15.9. The van der Waals surface area contributed by atoms with Crippen LogP contribution in [0.1, 0.15) is 99.8 Å². The minimum Gasteiger partial charge on any atom is -0.480 e. The van der Waals surface area contributed by atoms with Gasteiger partial charge in [-0.05, 0) is 62.7 Å². The minimum atomic E-state index is -1.13. The van der Waals surface area contributed by atoms with E-state index in [-0.39, 0.29) is 48.9 Å². The van der Waals surface area contributed by atoms with Crippen molar-refractivity contribution in [2.24, 2.45) is 35.5 Å². The second-order valence-electron chi connectivity index (χ2n) is 14.0. The number of rotatable bonds is 12. The van der Waals surface area contributed by atoms with Gasteiger partial charge >= 0.3 is 11.9 Å². The molecule has 43 heavy (non-hydrogen) atoms. The van der Waals surface area contributed by atoms with E-state index in [1.807, 2.05) is 41.5 Å². The summed E-state index contributed by atoms with van der Waals surface area (Å²) in [6.45, 7) is 13.6. The van der Waals surface area contributed by atoms with Gasteiger partial charge in [0.1, 0.15) is 12.1 Å². The normalized spacial score (nSPS) is 36.3. The predicted octanol–water partition coefficient (Wildman–Crippen LogP) is 3.66. The number of carboxylic acids is 1. The lowest BCUT2D eigenvalue weighted by molar-refractivity contribution is -0.576. The first kappa shape index (κ1) is 33.6. The van der Waals surface area contributed by atoms with E-state index in [0.29, 0.717) is 18.8 Å². The van der Waals surface area contributed by atoms with Gasteiger partial charge in [0, 0.05) is 24.7 Å². The van der Waals surface area contributed by atoms with Crippen molar-refractivity contribution >= 4 is 23.8 Å². The van der Waals surface area contributed by atoms with Crippen LogP contribution in [-0.4, -0.2) is 64.9 Å². The fraction of sp³-hybridized carbons (Fsp3) is 0.871. The van der Waals surface area contributed by atoms with Gasteiger partial charge in [-0.25, -0.2) is 14.6 Å². The Balaban J connectivity index is 1.34. The van der Waals surface area contributed by atoms with Crippen LogP contribution in [0.25, 0.3) is 0 Å². The molecule has 0 unspecified atom stereocenters. The van der Waals surface area contributed by atoms with Crippen LogP contribution in [0, 0.1) is 35.5 Å². The minimum absolute atomic E-state index is 0.00294. The molecule has 1 spiro atoms. The molecule has 4 saturated heterocycles. The highest BCUT2D eigenvalue weighted by molar-refractivity contribution is 5.91.